The van der Waals surface area contributed by atoms with Gasteiger partial charge in [0.15, 0.2) is 9.84 Å². The van der Waals surface area contributed by atoms with Crippen molar-refractivity contribution < 1.29 is 8.42 Å². The molecule has 17 heavy (non-hydrogen) atoms. The molecule has 0 aliphatic carbocycles. The lowest BCUT2D eigenvalue weighted by Crippen LogP contribution is -2.54. The topological polar surface area (TPSA) is 63.4 Å². The quantitative estimate of drug-likeness (QED) is 0.770. The molecule has 0 bridgehead atoms. The lowest BCUT2D eigenvalue weighted by Gasteiger charge is -2.39. The predicted molar refractivity (Wildman–Crippen MR) is 78.5 cm³/mol. The van der Waals surface area contributed by atoms with Crippen LogP contribution in [-0.2, 0) is 9.84 Å². The Kier molecular flexibility index (Phi) is 6.65. The molecule has 0 saturated carbocycles. The standard InChI is InChI=1S/C10H22N2O2S3/c1-15-5-3-9(7-11)12-4-6-16-8-10(12)17(2,13)14/h9-10H,3-8,11H2,1-2H3. The van der Waals surface area contributed by atoms with Gasteiger partial charge in [0.25, 0.3) is 0 Å². The van der Waals surface area contributed by atoms with Crippen LogP contribution >= 0.6 is 23.5 Å². The highest BCUT2D eigenvalue weighted by atomic mass is 32.2. The fraction of sp³-hybridized carbons (Fsp3) is 1.00. The number of nitrogens with two attached hydrogens (primary N) is 1. The third-order valence-corrected chi connectivity index (χ3v) is 6.32. The fourth-order valence-electron chi connectivity index (χ4n) is 2.05. The molecule has 1 rings (SSSR count). The van der Waals surface area contributed by atoms with Gasteiger partial charge in [-0.25, -0.2) is 8.42 Å². The first-order chi connectivity index (χ1) is 8.00. The maximum atomic E-state index is 11.8. The zero-order chi connectivity index (χ0) is 12.9. The maximum Gasteiger partial charge on any atom is 0.164 e. The molecular formula is C10H22N2O2S3. The molecule has 0 aromatic rings. The molecule has 102 valence electrons. The summed E-state index contributed by atoms with van der Waals surface area (Å²) in [6.45, 7) is 1.37. The van der Waals surface area contributed by atoms with Crippen LogP contribution in [-0.4, -0.2) is 67.6 Å². The molecular weight excluding hydrogens is 276 g/mol. The van der Waals surface area contributed by atoms with Gasteiger partial charge in [-0.05, 0) is 18.4 Å². The molecule has 0 aromatic heterocycles. The van der Waals surface area contributed by atoms with Crippen LogP contribution in [0.3, 0.4) is 0 Å². The average molecular weight is 298 g/mol. The fourth-order valence-corrected chi connectivity index (χ4v) is 5.51. The summed E-state index contributed by atoms with van der Waals surface area (Å²) in [4.78, 5) is 2.10. The Morgan fingerprint density at radius 1 is 1.59 bits per heavy atom. The number of sulfone groups is 1. The van der Waals surface area contributed by atoms with Gasteiger partial charge < -0.3 is 5.73 Å². The van der Waals surface area contributed by atoms with Crippen LogP contribution < -0.4 is 5.73 Å². The van der Waals surface area contributed by atoms with Gasteiger partial charge in [0.1, 0.15) is 5.37 Å². The monoisotopic (exact) mass is 298 g/mol. The minimum atomic E-state index is -3.01. The minimum Gasteiger partial charge on any atom is -0.329 e. The summed E-state index contributed by atoms with van der Waals surface area (Å²) in [5.41, 5.74) is 5.80. The van der Waals surface area contributed by atoms with Gasteiger partial charge >= 0.3 is 0 Å². The Balaban J connectivity index is 2.75. The van der Waals surface area contributed by atoms with E-state index in [-0.39, 0.29) is 11.4 Å². The summed E-state index contributed by atoms with van der Waals surface area (Å²) in [7, 11) is -3.01. The van der Waals surface area contributed by atoms with Crippen molar-refractivity contribution in [2.24, 2.45) is 5.73 Å². The van der Waals surface area contributed by atoms with Gasteiger partial charge in [-0.15, -0.1) is 0 Å². The molecule has 1 fully saturated rings. The van der Waals surface area contributed by atoms with E-state index in [0.29, 0.717) is 12.3 Å². The number of nitrogens with zero attached hydrogens (tertiary/aromatic N) is 1. The van der Waals surface area contributed by atoms with Crippen LogP contribution in [0.2, 0.25) is 0 Å². The lowest BCUT2D eigenvalue weighted by molar-refractivity contribution is 0.192. The second-order valence-corrected chi connectivity index (χ2v) is 8.61. The smallest absolute Gasteiger partial charge is 0.164 e. The summed E-state index contributed by atoms with van der Waals surface area (Å²) in [5, 5.41) is -0.350. The zero-order valence-corrected chi connectivity index (χ0v) is 12.9. The van der Waals surface area contributed by atoms with E-state index >= 15 is 0 Å². The molecule has 0 amide bonds. The van der Waals surface area contributed by atoms with E-state index in [1.165, 1.54) is 6.26 Å². The molecule has 7 heteroatoms. The first-order valence-corrected chi connectivity index (χ1v) is 10.2. The summed E-state index contributed by atoms with van der Waals surface area (Å²) in [6.07, 6.45) is 4.36. The number of hydrogen-bond acceptors (Lipinski definition) is 6. The number of hydrogen-bond donors (Lipinski definition) is 1. The van der Waals surface area contributed by atoms with Crippen LogP contribution in [0.25, 0.3) is 0 Å². The molecule has 1 saturated heterocycles. The van der Waals surface area contributed by atoms with E-state index in [1.807, 2.05) is 0 Å². The summed E-state index contributed by atoms with van der Waals surface area (Å²) >= 11 is 3.50. The second kappa shape index (κ2) is 7.23. The van der Waals surface area contributed by atoms with Crippen LogP contribution in [0, 0.1) is 0 Å². The van der Waals surface area contributed by atoms with Crippen molar-refractivity contribution >= 4 is 33.4 Å². The molecule has 1 aliphatic rings. The Bertz CT molecular complexity index is 322. The lowest BCUT2D eigenvalue weighted by atomic mass is 10.2. The predicted octanol–water partition coefficient (Wildman–Crippen LogP) is 0.486. The Labute approximate surface area is 113 Å². The molecule has 2 unspecified atom stereocenters. The summed E-state index contributed by atoms with van der Waals surface area (Å²) in [5.74, 6) is 2.71. The van der Waals surface area contributed by atoms with Crippen LogP contribution in [0.4, 0.5) is 0 Å². The van der Waals surface area contributed by atoms with Crippen molar-refractivity contribution in [2.75, 3.05) is 42.9 Å². The van der Waals surface area contributed by atoms with Crippen molar-refractivity contribution in [3.05, 3.63) is 0 Å². The summed E-state index contributed by atoms with van der Waals surface area (Å²) in [6, 6.07) is 0.197. The van der Waals surface area contributed by atoms with Crippen molar-refractivity contribution in [3.8, 4) is 0 Å². The van der Waals surface area contributed by atoms with E-state index in [9.17, 15) is 8.42 Å². The second-order valence-electron chi connectivity index (χ2n) is 4.27. The van der Waals surface area contributed by atoms with E-state index in [2.05, 4.69) is 11.2 Å². The van der Waals surface area contributed by atoms with Gasteiger partial charge in [0, 0.05) is 36.9 Å². The normalized spacial score (nSPS) is 24.8. The average Bonchev–Trinajstić information content (AvgIpc) is 2.29. The molecule has 0 spiro atoms. The van der Waals surface area contributed by atoms with Crippen LogP contribution in [0.5, 0.6) is 0 Å². The molecule has 0 radical (unpaired) electrons. The molecule has 1 heterocycles. The SMILES string of the molecule is CSCCC(CN)N1CCSCC1S(C)(=O)=O. The number of rotatable bonds is 6. The van der Waals surface area contributed by atoms with Crippen molar-refractivity contribution in [2.45, 2.75) is 17.8 Å². The highest BCUT2D eigenvalue weighted by Crippen LogP contribution is 2.23. The van der Waals surface area contributed by atoms with E-state index < -0.39 is 9.84 Å². The van der Waals surface area contributed by atoms with Crippen molar-refractivity contribution in [1.82, 2.24) is 4.90 Å². The third-order valence-electron chi connectivity index (χ3n) is 3.01. The Hall–Kier alpha value is 0.570. The zero-order valence-electron chi connectivity index (χ0n) is 10.5. The highest BCUT2D eigenvalue weighted by molar-refractivity contribution is 8.00. The van der Waals surface area contributed by atoms with Crippen molar-refractivity contribution in [3.63, 3.8) is 0 Å². The molecule has 2 N–H and O–H groups in total. The summed E-state index contributed by atoms with van der Waals surface area (Å²) < 4.78 is 23.6. The van der Waals surface area contributed by atoms with Gasteiger partial charge in [-0.2, -0.15) is 23.5 Å². The van der Waals surface area contributed by atoms with Gasteiger partial charge in [0.2, 0.25) is 0 Å². The van der Waals surface area contributed by atoms with Gasteiger partial charge in [-0.1, -0.05) is 0 Å². The molecule has 2 atom stereocenters. The van der Waals surface area contributed by atoms with E-state index in [4.69, 9.17) is 5.73 Å². The van der Waals surface area contributed by atoms with Crippen molar-refractivity contribution in [1.29, 1.82) is 0 Å². The Morgan fingerprint density at radius 3 is 2.82 bits per heavy atom. The molecule has 1 aliphatic heterocycles. The Morgan fingerprint density at radius 2 is 2.29 bits per heavy atom. The maximum absolute atomic E-state index is 11.8. The largest absolute Gasteiger partial charge is 0.329 e. The molecule has 4 nitrogen and oxygen atoms in total. The first-order valence-electron chi connectivity index (χ1n) is 5.72. The third kappa shape index (κ3) is 4.63. The first kappa shape index (κ1) is 15.6. The van der Waals surface area contributed by atoms with Crippen LogP contribution in [0.1, 0.15) is 6.42 Å². The molecule has 0 aromatic carbocycles. The minimum absolute atomic E-state index is 0.197. The van der Waals surface area contributed by atoms with Crippen LogP contribution in [0.15, 0.2) is 0 Å². The van der Waals surface area contributed by atoms with E-state index in [0.717, 1.165) is 24.5 Å². The van der Waals surface area contributed by atoms with Gasteiger partial charge in [0.05, 0.1) is 0 Å². The number of thioether (sulfide) groups is 2. The van der Waals surface area contributed by atoms with E-state index in [1.54, 1.807) is 23.5 Å². The van der Waals surface area contributed by atoms with Gasteiger partial charge in [-0.3, -0.25) is 4.90 Å². The highest BCUT2D eigenvalue weighted by Gasteiger charge is 2.34.